The molecule has 0 aromatic carbocycles. The van der Waals surface area contributed by atoms with Crippen molar-refractivity contribution in [2.45, 2.75) is 40.5 Å². The average Bonchev–Trinajstić information content (AvgIpc) is 2.13. The molecule has 0 aromatic heterocycles. The lowest BCUT2D eigenvalue weighted by atomic mass is 9.90. The predicted molar refractivity (Wildman–Crippen MR) is 68.7 cm³/mol. The Morgan fingerprint density at radius 3 is 2.31 bits per heavy atom. The van der Waals surface area contributed by atoms with Gasteiger partial charge in [0.1, 0.15) is 0 Å². The van der Waals surface area contributed by atoms with Crippen LogP contribution in [0.1, 0.15) is 40.5 Å². The molecule has 0 rings (SSSR count). The van der Waals surface area contributed by atoms with E-state index in [9.17, 15) is 8.42 Å². The van der Waals surface area contributed by atoms with E-state index in [1.807, 2.05) is 27.7 Å². The fourth-order valence-corrected chi connectivity index (χ4v) is 2.78. The van der Waals surface area contributed by atoms with Gasteiger partial charge in [-0.3, -0.25) is 0 Å². The molecule has 0 aromatic rings. The van der Waals surface area contributed by atoms with Gasteiger partial charge in [0.15, 0.2) is 0 Å². The Morgan fingerprint density at radius 2 is 1.88 bits per heavy atom. The predicted octanol–water partition coefficient (Wildman–Crippen LogP) is 1.33. The van der Waals surface area contributed by atoms with E-state index in [0.717, 1.165) is 6.42 Å². The SMILES string of the molecule is CC(C)CCS(=O)(=O)NCC(C)(C)CCN. The van der Waals surface area contributed by atoms with Crippen LogP contribution < -0.4 is 10.5 Å². The first-order valence-electron chi connectivity index (χ1n) is 5.86. The van der Waals surface area contributed by atoms with E-state index in [-0.39, 0.29) is 11.2 Å². The van der Waals surface area contributed by atoms with Gasteiger partial charge in [0.25, 0.3) is 0 Å². The van der Waals surface area contributed by atoms with E-state index in [4.69, 9.17) is 5.73 Å². The number of nitrogens with one attached hydrogen (secondary N) is 1. The lowest BCUT2D eigenvalue weighted by Gasteiger charge is -2.24. The van der Waals surface area contributed by atoms with E-state index in [1.165, 1.54) is 0 Å². The maximum Gasteiger partial charge on any atom is 0.211 e. The highest BCUT2D eigenvalue weighted by atomic mass is 32.2. The van der Waals surface area contributed by atoms with Crippen LogP contribution in [-0.4, -0.2) is 27.3 Å². The number of hydrogen-bond acceptors (Lipinski definition) is 3. The lowest BCUT2D eigenvalue weighted by molar-refractivity contribution is 0.340. The standard InChI is InChI=1S/C11H26N2O2S/c1-10(2)5-8-16(14,15)13-9-11(3,4)6-7-12/h10,13H,5-9,12H2,1-4H3. The lowest BCUT2D eigenvalue weighted by Crippen LogP contribution is -2.36. The first-order chi connectivity index (χ1) is 7.18. The van der Waals surface area contributed by atoms with Crippen molar-refractivity contribution in [3.63, 3.8) is 0 Å². The first kappa shape index (κ1) is 15.9. The minimum absolute atomic E-state index is 0.0698. The van der Waals surface area contributed by atoms with Gasteiger partial charge in [0, 0.05) is 6.54 Å². The summed E-state index contributed by atoms with van der Waals surface area (Å²) in [5, 5.41) is 0. The number of nitrogens with two attached hydrogens (primary N) is 1. The summed E-state index contributed by atoms with van der Waals surface area (Å²) >= 11 is 0. The molecular weight excluding hydrogens is 224 g/mol. The third-order valence-electron chi connectivity index (χ3n) is 2.56. The molecule has 5 heteroatoms. The molecule has 0 aliphatic heterocycles. The Kier molecular flexibility index (Phi) is 6.51. The Labute approximate surface area is 100 Å². The van der Waals surface area contributed by atoms with Crippen molar-refractivity contribution in [3.05, 3.63) is 0 Å². The van der Waals surface area contributed by atoms with Gasteiger partial charge >= 0.3 is 0 Å². The third kappa shape index (κ3) is 8.07. The topological polar surface area (TPSA) is 72.2 Å². The number of sulfonamides is 1. The molecule has 0 saturated heterocycles. The summed E-state index contributed by atoms with van der Waals surface area (Å²) in [4.78, 5) is 0. The van der Waals surface area contributed by atoms with Crippen molar-refractivity contribution in [1.29, 1.82) is 0 Å². The van der Waals surface area contributed by atoms with Crippen LogP contribution in [0.15, 0.2) is 0 Å². The molecular formula is C11H26N2O2S. The summed E-state index contributed by atoms with van der Waals surface area (Å²) in [6.07, 6.45) is 1.52. The zero-order chi connectivity index (χ0) is 12.8. The summed E-state index contributed by atoms with van der Waals surface area (Å²) in [5.41, 5.74) is 5.41. The van der Waals surface area contributed by atoms with Crippen LogP contribution >= 0.6 is 0 Å². The smallest absolute Gasteiger partial charge is 0.211 e. The highest BCUT2D eigenvalue weighted by molar-refractivity contribution is 7.89. The molecule has 0 radical (unpaired) electrons. The van der Waals surface area contributed by atoms with Crippen molar-refractivity contribution in [1.82, 2.24) is 4.72 Å². The zero-order valence-corrected chi connectivity index (χ0v) is 11.7. The molecule has 0 spiro atoms. The van der Waals surface area contributed by atoms with Gasteiger partial charge in [-0.05, 0) is 30.7 Å². The molecule has 98 valence electrons. The Balaban J connectivity index is 4.08. The van der Waals surface area contributed by atoms with Crippen molar-refractivity contribution < 1.29 is 8.42 Å². The minimum atomic E-state index is -3.12. The quantitative estimate of drug-likeness (QED) is 0.682. The molecule has 0 heterocycles. The highest BCUT2D eigenvalue weighted by Gasteiger charge is 2.20. The monoisotopic (exact) mass is 250 g/mol. The van der Waals surface area contributed by atoms with Crippen LogP contribution in [0, 0.1) is 11.3 Å². The molecule has 4 nitrogen and oxygen atoms in total. The fraction of sp³-hybridized carbons (Fsp3) is 1.00. The largest absolute Gasteiger partial charge is 0.330 e. The molecule has 0 saturated carbocycles. The second-order valence-electron chi connectivity index (χ2n) is 5.53. The molecule has 16 heavy (non-hydrogen) atoms. The number of rotatable bonds is 8. The highest BCUT2D eigenvalue weighted by Crippen LogP contribution is 2.18. The van der Waals surface area contributed by atoms with Crippen molar-refractivity contribution in [2.75, 3.05) is 18.8 Å². The zero-order valence-electron chi connectivity index (χ0n) is 10.9. The Morgan fingerprint density at radius 1 is 1.31 bits per heavy atom. The van der Waals surface area contributed by atoms with E-state index < -0.39 is 10.0 Å². The summed E-state index contributed by atoms with van der Waals surface area (Å²) < 4.78 is 25.9. The summed E-state index contributed by atoms with van der Waals surface area (Å²) in [7, 11) is -3.12. The summed E-state index contributed by atoms with van der Waals surface area (Å²) in [6.45, 7) is 9.13. The van der Waals surface area contributed by atoms with Gasteiger partial charge < -0.3 is 5.73 Å². The van der Waals surface area contributed by atoms with Gasteiger partial charge in [-0.15, -0.1) is 0 Å². The molecule has 0 bridgehead atoms. The maximum absolute atomic E-state index is 11.6. The summed E-state index contributed by atoms with van der Waals surface area (Å²) in [6, 6.07) is 0. The molecule has 3 N–H and O–H groups in total. The van der Waals surface area contributed by atoms with E-state index >= 15 is 0 Å². The van der Waals surface area contributed by atoms with Crippen LogP contribution in [-0.2, 0) is 10.0 Å². The van der Waals surface area contributed by atoms with Crippen molar-refractivity contribution in [2.24, 2.45) is 17.1 Å². The second kappa shape index (κ2) is 6.57. The molecule has 0 amide bonds. The van der Waals surface area contributed by atoms with Crippen LogP contribution in [0.2, 0.25) is 0 Å². The van der Waals surface area contributed by atoms with Crippen LogP contribution in [0.25, 0.3) is 0 Å². The van der Waals surface area contributed by atoms with Crippen molar-refractivity contribution in [3.8, 4) is 0 Å². The van der Waals surface area contributed by atoms with Gasteiger partial charge in [-0.1, -0.05) is 27.7 Å². The average molecular weight is 250 g/mol. The molecule has 0 fully saturated rings. The number of hydrogen-bond donors (Lipinski definition) is 2. The normalized spacial score (nSPS) is 13.4. The Hall–Kier alpha value is -0.130. The molecule has 0 unspecified atom stereocenters. The van der Waals surface area contributed by atoms with Gasteiger partial charge in [-0.25, -0.2) is 13.1 Å². The maximum atomic E-state index is 11.6. The van der Waals surface area contributed by atoms with Gasteiger partial charge in [0.2, 0.25) is 10.0 Å². The second-order valence-corrected chi connectivity index (χ2v) is 7.45. The third-order valence-corrected chi connectivity index (χ3v) is 3.91. The van der Waals surface area contributed by atoms with E-state index in [1.54, 1.807) is 0 Å². The van der Waals surface area contributed by atoms with Crippen LogP contribution in [0.3, 0.4) is 0 Å². The van der Waals surface area contributed by atoms with Crippen molar-refractivity contribution >= 4 is 10.0 Å². The minimum Gasteiger partial charge on any atom is -0.330 e. The van der Waals surface area contributed by atoms with Gasteiger partial charge in [-0.2, -0.15) is 0 Å². The fourth-order valence-electron chi connectivity index (χ4n) is 1.25. The van der Waals surface area contributed by atoms with Crippen LogP contribution in [0.5, 0.6) is 0 Å². The molecule has 0 aliphatic rings. The molecule has 0 atom stereocenters. The summed E-state index contributed by atoms with van der Waals surface area (Å²) in [5.74, 6) is 0.622. The van der Waals surface area contributed by atoms with Crippen LogP contribution in [0.4, 0.5) is 0 Å². The first-order valence-corrected chi connectivity index (χ1v) is 7.51. The van der Waals surface area contributed by atoms with E-state index in [2.05, 4.69) is 4.72 Å². The van der Waals surface area contributed by atoms with Gasteiger partial charge in [0.05, 0.1) is 5.75 Å². The van der Waals surface area contributed by atoms with E-state index in [0.29, 0.717) is 25.4 Å². The Bertz CT molecular complexity index is 284. The molecule has 0 aliphatic carbocycles.